The largest absolute Gasteiger partial charge is 0.374 e. The van der Waals surface area contributed by atoms with Gasteiger partial charge in [-0.2, -0.15) is 5.26 Å². The van der Waals surface area contributed by atoms with E-state index in [4.69, 9.17) is 5.26 Å². The number of aryl methyl sites for hydroxylation is 1. The number of piperidine rings is 1. The minimum Gasteiger partial charge on any atom is -0.374 e. The lowest BCUT2D eigenvalue weighted by molar-refractivity contribution is -0.128. The van der Waals surface area contributed by atoms with Crippen LogP contribution < -0.4 is 16.0 Å². The zero-order chi connectivity index (χ0) is 28.6. The summed E-state index contributed by atoms with van der Waals surface area (Å²) in [5.74, 6) is -1.08. The van der Waals surface area contributed by atoms with Gasteiger partial charge in [0.1, 0.15) is 17.6 Å². The van der Waals surface area contributed by atoms with Gasteiger partial charge in [0.2, 0.25) is 5.91 Å². The third kappa shape index (κ3) is 9.94. The highest BCUT2D eigenvalue weighted by Gasteiger charge is 2.40. The molecule has 0 aromatic heterocycles. The highest BCUT2D eigenvalue weighted by Crippen LogP contribution is 2.25. The lowest BCUT2D eigenvalue weighted by Crippen LogP contribution is -2.60. The van der Waals surface area contributed by atoms with Gasteiger partial charge in [-0.3, -0.25) is 9.59 Å². The molecule has 1 saturated heterocycles. The van der Waals surface area contributed by atoms with Gasteiger partial charge in [0.25, 0.3) is 5.91 Å². The number of hydrogen-bond acceptors (Lipinski definition) is 6. The molecule has 3 rings (SSSR count). The molecule has 1 fully saturated rings. The van der Waals surface area contributed by atoms with E-state index in [1.807, 2.05) is 18.2 Å². The SMILES string of the molecule is CCC.CNC(=O)C1(NC2=CC=C(C#N)C=CC2)CCN(C)CC1.Cc1cccc(C(=O)NCC=O)c1F. The maximum absolute atomic E-state index is 13.3. The molecular weight excluding hydrogens is 485 g/mol. The predicted octanol–water partition coefficient (Wildman–Crippen LogP) is 3.56. The molecule has 1 heterocycles. The zero-order valence-electron chi connectivity index (χ0n) is 23.1. The van der Waals surface area contributed by atoms with Crippen molar-refractivity contribution < 1.29 is 18.8 Å². The van der Waals surface area contributed by atoms with Gasteiger partial charge in [-0.25, -0.2) is 4.39 Å². The molecule has 9 heteroatoms. The first kappa shape index (κ1) is 32.3. The van der Waals surface area contributed by atoms with E-state index >= 15 is 0 Å². The second kappa shape index (κ2) is 16.9. The first-order valence-electron chi connectivity index (χ1n) is 12.8. The van der Waals surface area contributed by atoms with Crippen LogP contribution in [0.1, 0.15) is 55.5 Å². The average Bonchev–Trinajstić information content (AvgIpc) is 3.15. The van der Waals surface area contributed by atoms with Crippen molar-refractivity contribution >= 4 is 18.1 Å². The molecule has 0 atom stereocenters. The number of carbonyl (C=O) groups is 3. The Morgan fingerprint density at radius 2 is 1.87 bits per heavy atom. The van der Waals surface area contributed by atoms with Gasteiger partial charge in [-0.15, -0.1) is 0 Å². The van der Waals surface area contributed by atoms with Gasteiger partial charge in [0, 0.05) is 32.3 Å². The number of likely N-dealkylation sites (N-methyl/N-ethyl adjacent to an activating group) is 1. The van der Waals surface area contributed by atoms with Crippen LogP contribution in [0, 0.1) is 24.1 Å². The number of hydrogen-bond donors (Lipinski definition) is 3. The van der Waals surface area contributed by atoms with Crippen molar-refractivity contribution in [3.05, 3.63) is 70.7 Å². The summed E-state index contributed by atoms with van der Waals surface area (Å²) in [4.78, 5) is 35.9. The van der Waals surface area contributed by atoms with Gasteiger partial charge in [-0.1, -0.05) is 38.5 Å². The Labute approximate surface area is 225 Å². The summed E-state index contributed by atoms with van der Waals surface area (Å²) >= 11 is 0. The van der Waals surface area contributed by atoms with E-state index in [0.717, 1.165) is 31.6 Å². The predicted molar refractivity (Wildman–Crippen MR) is 148 cm³/mol. The molecule has 38 heavy (non-hydrogen) atoms. The number of benzene rings is 1. The maximum Gasteiger partial charge on any atom is 0.254 e. The van der Waals surface area contributed by atoms with Crippen molar-refractivity contribution in [3.8, 4) is 6.07 Å². The number of amides is 2. The summed E-state index contributed by atoms with van der Waals surface area (Å²) in [6.45, 7) is 7.50. The zero-order valence-corrected chi connectivity index (χ0v) is 23.1. The summed E-state index contributed by atoms with van der Waals surface area (Å²) in [5.41, 5.74) is 1.43. The molecule has 206 valence electrons. The normalized spacial score (nSPS) is 15.9. The van der Waals surface area contributed by atoms with Crippen LogP contribution in [0.2, 0.25) is 0 Å². The topological polar surface area (TPSA) is 114 Å². The molecule has 1 aromatic carbocycles. The Hall–Kier alpha value is -3.77. The Morgan fingerprint density at radius 1 is 1.21 bits per heavy atom. The van der Waals surface area contributed by atoms with Crippen LogP contribution >= 0.6 is 0 Å². The number of carbonyl (C=O) groups excluding carboxylic acids is 3. The molecule has 0 unspecified atom stereocenters. The summed E-state index contributed by atoms with van der Waals surface area (Å²) in [6, 6.07) is 6.68. The van der Waals surface area contributed by atoms with E-state index in [0.29, 0.717) is 23.8 Å². The van der Waals surface area contributed by atoms with E-state index in [2.05, 4.69) is 47.8 Å². The van der Waals surface area contributed by atoms with Crippen LogP contribution in [-0.4, -0.2) is 62.3 Å². The Kier molecular flexibility index (Phi) is 14.3. The molecule has 0 bridgehead atoms. The van der Waals surface area contributed by atoms with Gasteiger partial charge >= 0.3 is 0 Å². The molecule has 2 amide bonds. The van der Waals surface area contributed by atoms with Gasteiger partial charge in [0.05, 0.1) is 23.8 Å². The number of allylic oxidation sites excluding steroid dienone is 5. The molecule has 1 aromatic rings. The van der Waals surface area contributed by atoms with E-state index in [1.165, 1.54) is 12.5 Å². The molecule has 1 aliphatic heterocycles. The van der Waals surface area contributed by atoms with E-state index in [1.54, 1.807) is 32.2 Å². The monoisotopic (exact) mass is 525 g/mol. The van der Waals surface area contributed by atoms with E-state index < -0.39 is 17.3 Å². The number of nitriles is 1. The number of aldehydes is 1. The maximum atomic E-state index is 13.3. The minimum absolute atomic E-state index is 0.0353. The number of rotatable bonds is 6. The van der Waals surface area contributed by atoms with Gasteiger partial charge in [-0.05, 0) is 56.7 Å². The van der Waals surface area contributed by atoms with Crippen LogP contribution in [0.25, 0.3) is 0 Å². The molecule has 1 aliphatic carbocycles. The summed E-state index contributed by atoms with van der Waals surface area (Å²) < 4.78 is 13.3. The lowest BCUT2D eigenvalue weighted by Gasteiger charge is -2.40. The Balaban J connectivity index is 0.000000368. The summed E-state index contributed by atoms with van der Waals surface area (Å²) in [5, 5.41) is 17.4. The molecule has 0 saturated carbocycles. The van der Waals surface area contributed by atoms with Crippen LogP contribution in [0.15, 0.2) is 53.8 Å². The highest BCUT2D eigenvalue weighted by molar-refractivity contribution is 5.95. The molecule has 0 radical (unpaired) electrons. The van der Waals surface area contributed by atoms with Gasteiger partial charge < -0.3 is 25.6 Å². The molecule has 0 spiro atoms. The first-order chi connectivity index (χ1) is 18.2. The molecule has 3 N–H and O–H groups in total. The van der Waals surface area contributed by atoms with Crippen molar-refractivity contribution in [2.24, 2.45) is 0 Å². The van der Waals surface area contributed by atoms with Crippen molar-refractivity contribution in [3.63, 3.8) is 0 Å². The number of nitrogens with zero attached hydrogens (tertiary/aromatic N) is 2. The fourth-order valence-electron chi connectivity index (χ4n) is 3.80. The molecule has 2 aliphatic rings. The second-order valence-electron chi connectivity index (χ2n) is 9.14. The van der Waals surface area contributed by atoms with Crippen LogP contribution in [0.3, 0.4) is 0 Å². The quantitative estimate of drug-likeness (QED) is 0.490. The summed E-state index contributed by atoms with van der Waals surface area (Å²) in [7, 11) is 3.75. The van der Waals surface area contributed by atoms with Crippen LogP contribution in [0.4, 0.5) is 4.39 Å². The van der Waals surface area contributed by atoms with Crippen molar-refractivity contribution in [1.29, 1.82) is 5.26 Å². The number of halogens is 1. The fourth-order valence-corrected chi connectivity index (χ4v) is 3.80. The van der Waals surface area contributed by atoms with E-state index in [-0.39, 0.29) is 18.0 Å². The van der Waals surface area contributed by atoms with Crippen LogP contribution in [0.5, 0.6) is 0 Å². The lowest BCUT2D eigenvalue weighted by atomic mass is 9.86. The van der Waals surface area contributed by atoms with E-state index in [9.17, 15) is 18.8 Å². The number of likely N-dealkylation sites (tertiary alicyclic amines) is 1. The molecular formula is C29H40FN5O3. The minimum atomic E-state index is -0.571. The fraction of sp³-hybridized carbons (Fsp3) is 0.448. The Bertz CT molecular complexity index is 1080. The summed E-state index contributed by atoms with van der Waals surface area (Å²) in [6.07, 6.45) is 11.5. The highest BCUT2D eigenvalue weighted by atomic mass is 19.1. The average molecular weight is 526 g/mol. The molecule has 8 nitrogen and oxygen atoms in total. The number of nitrogens with one attached hydrogen (secondary N) is 3. The standard InChI is InChI=1S/C16H22N4O.C10H10FNO2.C3H8/c1-18-15(21)16(8-10-20(2)11-9-16)19-14-5-3-4-13(12-17)6-7-14;1-7-3-2-4-8(9(7)11)10(14)12-5-6-13;1-3-2/h3-4,6-7,19H,5,8-11H2,1-2H3,(H,18,21);2-4,6H,5H2,1H3,(H,12,14);3H2,1-2H3. The van der Waals surface area contributed by atoms with Gasteiger partial charge in [0.15, 0.2) is 0 Å². The smallest absolute Gasteiger partial charge is 0.254 e. The van der Waals surface area contributed by atoms with Crippen molar-refractivity contribution in [2.75, 3.05) is 33.7 Å². The van der Waals surface area contributed by atoms with Crippen molar-refractivity contribution in [2.45, 2.75) is 52.0 Å². The Morgan fingerprint density at radius 3 is 2.45 bits per heavy atom. The second-order valence-corrected chi connectivity index (χ2v) is 9.14. The third-order valence-corrected chi connectivity index (χ3v) is 5.91. The van der Waals surface area contributed by atoms with Crippen LogP contribution in [-0.2, 0) is 9.59 Å². The van der Waals surface area contributed by atoms with Crippen molar-refractivity contribution in [1.82, 2.24) is 20.9 Å². The third-order valence-electron chi connectivity index (χ3n) is 5.91. The first-order valence-corrected chi connectivity index (χ1v) is 12.8.